The zero-order chi connectivity index (χ0) is 15.7. The smallest absolute Gasteiger partial charge is 0.227 e. The molecular formula is C16H18N2O3S. The van der Waals surface area contributed by atoms with E-state index in [9.17, 15) is 9.59 Å². The summed E-state index contributed by atoms with van der Waals surface area (Å²) in [6.07, 6.45) is 1.24. The number of amides is 1. The van der Waals surface area contributed by atoms with Gasteiger partial charge in [0.25, 0.3) is 0 Å². The Morgan fingerprint density at radius 3 is 3.05 bits per heavy atom. The number of nitrogens with zero attached hydrogens (tertiary/aromatic N) is 2. The third-order valence-corrected chi connectivity index (χ3v) is 4.80. The van der Waals surface area contributed by atoms with Gasteiger partial charge in [-0.1, -0.05) is 18.7 Å². The summed E-state index contributed by atoms with van der Waals surface area (Å²) in [6.45, 7) is 4.21. The maximum absolute atomic E-state index is 12.2. The second-order valence-corrected chi connectivity index (χ2v) is 6.69. The Morgan fingerprint density at radius 2 is 2.32 bits per heavy atom. The molecule has 22 heavy (non-hydrogen) atoms. The van der Waals surface area contributed by atoms with Crippen molar-refractivity contribution in [3.05, 3.63) is 24.1 Å². The molecule has 0 bridgehead atoms. The minimum absolute atomic E-state index is 0.0991. The minimum Gasteiger partial charge on any atom is -0.441 e. The Morgan fingerprint density at radius 1 is 1.50 bits per heavy atom. The summed E-state index contributed by atoms with van der Waals surface area (Å²) in [7, 11) is 0. The number of thioether (sulfide) groups is 1. The van der Waals surface area contributed by atoms with Gasteiger partial charge < -0.3 is 9.32 Å². The number of carbonyl (C=O) groups is 2. The highest BCUT2D eigenvalue weighted by Gasteiger charge is 2.31. The third kappa shape index (κ3) is 3.02. The number of anilines is 1. The molecule has 116 valence electrons. The van der Waals surface area contributed by atoms with E-state index in [1.54, 1.807) is 11.8 Å². The standard InChI is InChI=1S/C16H18N2O3S/c1-3-15-17-13-7-12(4-5-14(13)21-15)18-8-11(6-16(18)20)9-22-10(2)19/h4-5,7,11H,3,6,8-9H2,1-2H3. The number of oxazole rings is 1. The van der Waals surface area contributed by atoms with Crippen LogP contribution in [0.1, 0.15) is 26.2 Å². The lowest BCUT2D eigenvalue weighted by molar-refractivity contribution is -0.117. The fourth-order valence-corrected chi connectivity index (χ4v) is 3.35. The fourth-order valence-electron chi connectivity index (χ4n) is 2.66. The normalized spacial score (nSPS) is 18.4. The van der Waals surface area contributed by atoms with Crippen LogP contribution in [0.2, 0.25) is 0 Å². The quantitative estimate of drug-likeness (QED) is 0.867. The molecule has 1 amide bonds. The van der Waals surface area contributed by atoms with E-state index in [4.69, 9.17) is 4.42 Å². The molecule has 1 fully saturated rings. The van der Waals surface area contributed by atoms with E-state index in [2.05, 4.69) is 4.98 Å². The molecule has 0 saturated carbocycles. The van der Waals surface area contributed by atoms with E-state index in [1.165, 1.54) is 11.8 Å². The lowest BCUT2D eigenvalue weighted by Crippen LogP contribution is -2.24. The summed E-state index contributed by atoms with van der Waals surface area (Å²) in [5.74, 6) is 1.73. The number of hydrogen-bond acceptors (Lipinski definition) is 5. The summed E-state index contributed by atoms with van der Waals surface area (Å²) < 4.78 is 5.59. The molecule has 0 radical (unpaired) electrons. The zero-order valence-electron chi connectivity index (χ0n) is 12.7. The van der Waals surface area contributed by atoms with Crippen LogP contribution in [0, 0.1) is 5.92 Å². The van der Waals surface area contributed by atoms with Crippen LogP contribution in [0.4, 0.5) is 5.69 Å². The molecule has 3 rings (SSSR count). The van der Waals surface area contributed by atoms with Crippen LogP contribution in [0.3, 0.4) is 0 Å². The van der Waals surface area contributed by atoms with Crippen molar-refractivity contribution in [3.8, 4) is 0 Å². The van der Waals surface area contributed by atoms with Crippen LogP contribution < -0.4 is 4.90 Å². The summed E-state index contributed by atoms with van der Waals surface area (Å²) in [5, 5.41) is 0.0991. The first-order valence-electron chi connectivity index (χ1n) is 7.40. The molecule has 5 nitrogen and oxygen atoms in total. The van der Waals surface area contributed by atoms with E-state index in [0.29, 0.717) is 24.6 Å². The SMILES string of the molecule is CCc1nc2cc(N3CC(CSC(C)=O)CC3=O)ccc2o1. The summed E-state index contributed by atoms with van der Waals surface area (Å²) in [6, 6.07) is 5.66. The lowest BCUT2D eigenvalue weighted by atomic mass is 10.1. The van der Waals surface area contributed by atoms with Gasteiger partial charge in [-0.25, -0.2) is 4.98 Å². The molecule has 6 heteroatoms. The van der Waals surface area contributed by atoms with Gasteiger partial charge in [-0.05, 0) is 24.1 Å². The molecular weight excluding hydrogens is 300 g/mol. The van der Waals surface area contributed by atoms with Gasteiger partial charge in [-0.2, -0.15) is 0 Å². The maximum Gasteiger partial charge on any atom is 0.227 e. The van der Waals surface area contributed by atoms with Gasteiger partial charge in [0.2, 0.25) is 5.91 Å². The summed E-state index contributed by atoms with van der Waals surface area (Å²) >= 11 is 1.29. The fraction of sp³-hybridized carbons (Fsp3) is 0.438. The monoisotopic (exact) mass is 318 g/mol. The van der Waals surface area contributed by atoms with Gasteiger partial charge >= 0.3 is 0 Å². The molecule has 0 spiro atoms. The van der Waals surface area contributed by atoms with E-state index in [1.807, 2.05) is 25.1 Å². The Kier molecular flexibility index (Phi) is 4.20. The van der Waals surface area contributed by atoms with Crippen LogP contribution in [-0.2, 0) is 16.0 Å². The topological polar surface area (TPSA) is 63.4 Å². The van der Waals surface area contributed by atoms with Crippen molar-refractivity contribution in [1.82, 2.24) is 4.98 Å². The van der Waals surface area contributed by atoms with Crippen molar-refractivity contribution in [3.63, 3.8) is 0 Å². The van der Waals surface area contributed by atoms with Crippen molar-refractivity contribution in [2.45, 2.75) is 26.7 Å². The second kappa shape index (κ2) is 6.12. The lowest BCUT2D eigenvalue weighted by Gasteiger charge is -2.16. The Labute approximate surface area is 133 Å². The first kappa shape index (κ1) is 15.1. The Hall–Kier alpha value is -1.82. The van der Waals surface area contributed by atoms with Crippen molar-refractivity contribution >= 4 is 39.6 Å². The van der Waals surface area contributed by atoms with Gasteiger partial charge in [0.15, 0.2) is 16.6 Å². The molecule has 1 unspecified atom stereocenters. The van der Waals surface area contributed by atoms with Gasteiger partial charge in [0.05, 0.1) is 0 Å². The molecule has 1 aliphatic rings. The number of benzene rings is 1. The predicted molar refractivity (Wildman–Crippen MR) is 87.0 cm³/mol. The molecule has 0 N–H and O–H groups in total. The highest BCUT2D eigenvalue weighted by Crippen LogP contribution is 2.29. The zero-order valence-corrected chi connectivity index (χ0v) is 13.5. The average molecular weight is 318 g/mol. The van der Waals surface area contributed by atoms with Gasteiger partial charge in [0, 0.05) is 37.8 Å². The second-order valence-electron chi connectivity index (χ2n) is 5.49. The summed E-state index contributed by atoms with van der Waals surface area (Å²) in [4.78, 5) is 29.5. The highest BCUT2D eigenvalue weighted by molar-refractivity contribution is 8.13. The van der Waals surface area contributed by atoms with Gasteiger partial charge in [-0.15, -0.1) is 0 Å². The molecule has 1 atom stereocenters. The van der Waals surface area contributed by atoms with E-state index in [0.717, 1.165) is 23.2 Å². The Bertz CT molecular complexity index is 725. The number of rotatable bonds is 4. The third-order valence-electron chi connectivity index (χ3n) is 3.76. The Balaban J connectivity index is 1.78. The molecule has 2 aromatic rings. The van der Waals surface area contributed by atoms with Crippen molar-refractivity contribution in [2.75, 3.05) is 17.2 Å². The van der Waals surface area contributed by atoms with E-state index < -0.39 is 0 Å². The van der Waals surface area contributed by atoms with Crippen LogP contribution in [0.5, 0.6) is 0 Å². The van der Waals surface area contributed by atoms with Crippen LogP contribution in [0.25, 0.3) is 11.1 Å². The molecule has 1 aromatic heterocycles. The number of hydrogen-bond donors (Lipinski definition) is 0. The number of aryl methyl sites for hydroxylation is 1. The first-order valence-corrected chi connectivity index (χ1v) is 8.38. The van der Waals surface area contributed by atoms with Crippen LogP contribution in [0.15, 0.2) is 22.6 Å². The molecule has 1 aliphatic heterocycles. The average Bonchev–Trinajstić information content (AvgIpc) is 3.07. The van der Waals surface area contributed by atoms with Crippen molar-refractivity contribution in [2.24, 2.45) is 5.92 Å². The number of carbonyl (C=O) groups excluding carboxylic acids is 2. The molecule has 1 aromatic carbocycles. The van der Waals surface area contributed by atoms with Gasteiger partial charge in [0.1, 0.15) is 5.52 Å². The largest absolute Gasteiger partial charge is 0.441 e. The molecule has 2 heterocycles. The predicted octanol–water partition coefficient (Wildman–Crippen LogP) is 3.02. The van der Waals surface area contributed by atoms with E-state index in [-0.39, 0.29) is 16.9 Å². The van der Waals surface area contributed by atoms with Crippen LogP contribution >= 0.6 is 11.8 Å². The molecule has 0 aliphatic carbocycles. The maximum atomic E-state index is 12.2. The number of fused-ring (bicyclic) bond motifs is 1. The van der Waals surface area contributed by atoms with Gasteiger partial charge in [-0.3, -0.25) is 9.59 Å². The molecule has 1 saturated heterocycles. The number of aromatic nitrogens is 1. The van der Waals surface area contributed by atoms with Crippen LogP contribution in [-0.4, -0.2) is 28.3 Å². The minimum atomic E-state index is 0.0991. The highest BCUT2D eigenvalue weighted by atomic mass is 32.2. The van der Waals surface area contributed by atoms with Crippen molar-refractivity contribution in [1.29, 1.82) is 0 Å². The summed E-state index contributed by atoms with van der Waals surface area (Å²) in [5.41, 5.74) is 2.38. The van der Waals surface area contributed by atoms with Crippen molar-refractivity contribution < 1.29 is 14.0 Å². The first-order chi connectivity index (χ1) is 10.6. The van der Waals surface area contributed by atoms with E-state index >= 15 is 0 Å².